The van der Waals surface area contributed by atoms with Crippen molar-refractivity contribution in [2.24, 2.45) is 0 Å². The zero-order chi connectivity index (χ0) is 15.7. The number of amides is 1. The number of benzene rings is 2. The second-order valence-electron chi connectivity index (χ2n) is 4.60. The van der Waals surface area contributed by atoms with Gasteiger partial charge in [0.05, 0.1) is 16.8 Å². The maximum atomic E-state index is 13.6. The fourth-order valence-corrected chi connectivity index (χ4v) is 2.26. The van der Waals surface area contributed by atoms with Crippen LogP contribution in [-0.2, 0) is 0 Å². The average Bonchev–Trinajstić information content (AvgIpc) is 2.48. The fraction of sp³-hybridized carbons (Fsp3) is 0. The topological polar surface area (TPSA) is 42.0 Å². The van der Waals surface area contributed by atoms with Crippen molar-refractivity contribution < 1.29 is 13.6 Å². The van der Waals surface area contributed by atoms with Crippen molar-refractivity contribution in [1.29, 1.82) is 0 Å². The number of nitrogens with one attached hydrogen (secondary N) is 1. The number of pyridine rings is 1. The SMILES string of the molecule is O=C(Nc1ccccc1F)c1cc2ccc(F)cc2nc1Cl. The van der Waals surface area contributed by atoms with E-state index in [0.717, 1.165) is 0 Å². The molecule has 0 radical (unpaired) electrons. The number of halogens is 3. The van der Waals surface area contributed by atoms with E-state index in [-0.39, 0.29) is 16.4 Å². The van der Waals surface area contributed by atoms with Gasteiger partial charge in [0, 0.05) is 11.5 Å². The monoisotopic (exact) mass is 318 g/mol. The Morgan fingerprint density at radius 3 is 2.64 bits per heavy atom. The van der Waals surface area contributed by atoms with Gasteiger partial charge in [-0.05, 0) is 30.3 Å². The third-order valence-electron chi connectivity index (χ3n) is 3.10. The average molecular weight is 319 g/mol. The predicted molar refractivity (Wildman–Crippen MR) is 81.1 cm³/mol. The molecule has 0 spiro atoms. The lowest BCUT2D eigenvalue weighted by Crippen LogP contribution is -2.14. The molecule has 2 aromatic carbocycles. The molecule has 1 N–H and O–H groups in total. The number of hydrogen-bond donors (Lipinski definition) is 1. The number of anilines is 1. The van der Waals surface area contributed by atoms with E-state index in [9.17, 15) is 13.6 Å². The molecule has 0 unspecified atom stereocenters. The highest BCUT2D eigenvalue weighted by atomic mass is 35.5. The van der Waals surface area contributed by atoms with E-state index < -0.39 is 17.5 Å². The Bertz CT molecular complexity index is 883. The Morgan fingerprint density at radius 1 is 1.09 bits per heavy atom. The Kier molecular flexibility index (Phi) is 3.73. The number of carbonyl (C=O) groups is 1. The maximum absolute atomic E-state index is 13.6. The number of rotatable bonds is 2. The van der Waals surface area contributed by atoms with E-state index in [4.69, 9.17) is 11.6 Å². The third-order valence-corrected chi connectivity index (χ3v) is 3.39. The molecular formula is C16H9ClF2N2O. The van der Waals surface area contributed by atoms with Gasteiger partial charge in [-0.1, -0.05) is 23.7 Å². The quantitative estimate of drug-likeness (QED) is 0.711. The van der Waals surface area contributed by atoms with E-state index >= 15 is 0 Å². The zero-order valence-corrected chi connectivity index (χ0v) is 11.9. The first-order valence-corrected chi connectivity index (χ1v) is 6.74. The molecule has 0 aliphatic rings. The highest BCUT2D eigenvalue weighted by molar-refractivity contribution is 6.33. The van der Waals surface area contributed by atoms with E-state index in [1.54, 1.807) is 6.07 Å². The number of carbonyl (C=O) groups excluding carboxylic acids is 1. The lowest BCUT2D eigenvalue weighted by molar-refractivity contribution is 0.102. The first-order valence-electron chi connectivity index (χ1n) is 6.36. The van der Waals surface area contributed by atoms with Gasteiger partial charge in [-0.2, -0.15) is 0 Å². The number of para-hydroxylation sites is 1. The molecule has 0 saturated carbocycles. The summed E-state index contributed by atoms with van der Waals surface area (Å²) in [6.45, 7) is 0. The summed E-state index contributed by atoms with van der Waals surface area (Å²) < 4.78 is 26.7. The van der Waals surface area contributed by atoms with Crippen LogP contribution < -0.4 is 5.32 Å². The van der Waals surface area contributed by atoms with Gasteiger partial charge in [-0.15, -0.1) is 0 Å². The van der Waals surface area contributed by atoms with Gasteiger partial charge in [0.25, 0.3) is 5.91 Å². The molecular weight excluding hydrogens is 310 g/mol. The van der Waals surface area contributed by atoms with Crippen LogP contribution >= 0.6 is 11.6 Å². The molecule has 1 aromatic heterocycles. The second kappa shape index (κ2) is 5.69. The smallest absolute Gasteiger partial charge is 0.258 e. The Balaban J connectivity index is 1.99. The lowest BCUT2D eigenvalue weighted by atomic mass is 10.1. The molecule has 0 atom stereocenters. The van der Waals surface area contributed by atoms with E-state index in [1.807, 2.05) is 0 Å². The minimum Gasteiger partial charge on any atom is -0.319 e. The van der Waals surface area contributed by atoms with Crippen molar-refractivity contribution in [2.75, 3.05) is 5.32 Å². The Hall–Kier alpha value is -2.53. The summed E-state index contributed by atoms with van der Waals surface area (Å²) in [5.41, 5.74) is 0.472. The van der Waals surface area contributed by atoms with Crippen LogP contribution in [0.4, 0.5) is 14.5 Å². The van der Waals surface area contributed by atoms with Gasteiger partial charge in [0.1, 0.15) is 16.8 Å². The molecule has 1 amide bonds. The van der Waals surface area contributed by atoms with Gasteiger partial charge in [-0.3, -0.25) is 4.79 Å². The largest absolute Gasteiger partial charge is 0.319 e. The van der Waals surface area contributed by atoms with Crippen molar-refractivity contribution in [3.8, 4) is 0 Å². The van der Waals surface area contributed by atoms with Crippen LogP contribution in [0.2, 0.25) is 5.15 Å². The van der Waals surface area contributed by atoms with Crippen molar-refractivity contribution in [3.05, 3.63) is 70.9 Å². The van der Waals surface area contributed by atoms with Gasteiger partial charge >= 0.3 is 0 Å². The van der Waals surface area contributed by atoms with Gasteiger partial charge in [-0.25, -0.2) is 13.8 Å². The molecule has 0 aliphatic carbocycles. The summed E-state index contributed by atoms with van der Waals surface area (Å²) in [6, 6.07) is 11.2. The van der Waals surface area contributed by atoms with Crippen LogP contribution in [-0.4, -0.2) is 10.9 Å². The van der Waals surface area contributed by atoms with Crippen LogP contribution in [0.5, 0.6) is 0 Å². The molecule has 1 heterocycles. The molecule has 0 saturated heterocycles. The number of aromatic nitrogens is 1. The summed E-state index contributed by atoms with van der Waals surface area (Å²) >= 11 is 5.97. The highest BCUT2D eigenvalue weighted by Gasteiger charge is 2.15. The summed E-state index contributed by atoms with van der Waals surface area (Å²) in [6.07, 6.45) is 0. The minimum absolute atomic E-state index is 0.0442. The van der Waals surface area contributed by atoms with Crippen LogP contribution in [0, 0.1) is 11.6 Å². The first kappa shape index (κ1) is 14.4. The Labute approximate surface area is 129 Å². The molecule has 110 valence electrons. The Morgan fingerprint density at radius 2 is 1.86 bits per heavy atom. The van der Waals surface area contributed by atoms with Crippen molar-refractivity contribution in [2.45, 2.75) is 0 Å². The van der Waals surface area contributed by atoms with Crippen LogP contribution in [0.1, 0.15) is 10.4 Å². The molecule has 0 aliphatic heterocycles. The molecule has 3 nitrogen and oxygen atoms in total. The summed E-state index contributed by atoms with van der Waals surface area (Å²) in [5, 5.41) is 2.91. The standard InChI is InChI=1S/C16H9ClF2N2O/c17-15-11(7-9-5-6-10(18)8-14(9)20-15)16(22)21-13-4-2-1-3-12(13)19/h1-8H,(H,21,22). The fourth-order valence-electron chi connectivity index (χ4n) is 2.03. The molecule has 0 bridgehead atoms. The summed E-state index contributed by atoms with van der Waals surface area (Å²) in [5.74, 6) is -1.59. The van der Waals surface area contributed by atoms with E-state index in [2.05, 4.69) is 10.3 Å². The predicted octanol–water partition coefficient (Wildman–Crippen LogP) is 4.42. The molecule has 3 aromatic rings. The van der Waals surface area contributed by atoms with Crippen molar-refractivity contribution >= 4 is 34.1 Å². The van der Waals surface area contributed by atoms with Crippen molar-refractivity contribution in [3.63, 3.8) is 0 Å². The molecule has 22 heavy (non-hydrogen) atoms. The lowest BCUT2D eigenvalue weighted by Gasteiger charge is -2.08. The first-order chi connectivity index (χ1) is 10.5. The number of nitrogens with zero attached hydrogens (tertiary/aromatic N) is 1. The highest BCUT2D eigenvalue weighted by Crippen LogP contribution is 2.23. The van der Waals surface area contributed by atoms with E-state index in [1.165, 1.54) is 42.5 Å². The summed E-state index contributed by atoms with van der Waals surface area (Å²) in [4.78, 5) is 16.2. The maximum Gasteiger partial charge on any atom is 0.258 e. The third kappa shape index (κ3) is 2.76. The van der Waals surface area contributed by atoms with Crippen molar-refractivity contribution in [1.82, 2.24) is 4.98 Å². The van der Waals surface area contributed by atoms with Gasteiger partial charge < -0.3 is 5.32 Å². The second-order valence-corrected chi connectivity index (χ2v) is 4.96. The van der Waals surface area contributed by atoms with E-state index in [0.29, 0.717) is 10.9 Å². The molecule has 3 rings (SSSR count). The van der Waals surface area contributed by atoms with Gasteiger partial charge in [0.15, 0.2) is 0 Å². The normalized spacial score (nSPS) is 10.7. The van der Waals surface area contributed by atoms with Crippen LogP contribution in [0.3, 0.4) is 0 Å². The van der Waals surface area contributed by atoms with Crippen LogP contribution in [0.25, 0.3) is 10.9 Å². The molecule has 0 fully saturated rings. The van der Waals surface area contributed by atoms with Crippen LogP contribution in [0.15, 0.2) is 48.5 Å². The zero-order valence-electron chi connectivity index (χ0n) is 11.1. The number of hydrogen-bond acceptors (Lipinski definition) is 2. The van der Waals surface area contributed by atoms with Gasteiger partial charge in [0.2, 0.25) is 0 Å². The minimum atomic E-state index is -0.589. The molecule has 6 heteroatoms. The summed E-state index contributed by atoms with van der Waals surface area (Å²) in [7, 11) is 0. The number of fused-ring (bicyclic) bond motifs is 1.